The van der Waals surface area contributed by atoms with Gasteiger partial charge in [0.15, 0.2) is 0 Å². The zero-order valence-electron chi connectivity index (χ0n) is 11.7. The van der Waals surface area contributed by atoms with Crippen LogP contribution < -0.4 is 0 Å². The van der Waals surface area contributed by atoms with E-state index in [0.29, 0.717) is 6.04 Å². The van der Waals surface area contributed by atoms with Crippen LogP contribution in [0.4, 0.5) is 0 Å². The highest BCUT2D eigenvalue weighted by atomic mass is 16.3. The first-order valence-corrected chi connectivity index (χ1v) is 7.81. The van der Waals surface area contributed by atoms with Crippen molar-refractivity contribution in [1.82, 2.24) is 4.90 Å². The van der Waals surface area contributed by atoms with E-state index in [9.17, 15) is 5.11 Å². The Labute approximate surface area is 116 Å². The van der Waals surface area contributed by atoms with Gasteiger partial charge in [-0.2, -0.15) is 0 Å². The summed E-state index contributed by atoms with van der Waals surface area (Å²) in [4.78, 5) is 2.60. The van der Waals surface area contributed by atoms with Crippen LogP contribution in [0.5, 0.6) is 0 Å². The number of fused-ring (bicyclic) bond motifs is 1. The molecule has 2 heteroatoms. The van der Waals surface area contributed by atoms with Gasteiger partial charge in [0.05, 0.1) is 12.6 Å². The number of aliphatic hydroxyl groups excluding tert-OH is 1. The maximum atomic E-state index is 9.88. The van der Waals surface area contributed by atoms with E-state index in [4.69, 9.17) is 0 Å². The third-order valence-electron chi connectivity index (χ3n) is 5.04. The highest BCUT2D eigenvalue weighted by Gasteiger charge is 2.36. The van der Waals surface area contributed by atoms with E-state index < -0.39 is 0 Å². The fourth-order valence-electron chi connectivity index (χ4n) is 4.13. The minimum atomic E-state index is 0.201. The lowest BCUT2D eigenvalue weighted by Gasteiger charge is -2.47. The maximum Gasteiger partial charge on any atom is 0.0628 e. The summed E-state index contributed by atoms with van der Waals surface area (Å²) in [5.41, 5.74) is 1.27. The van der Waals surface area contributed by atoms with Gasteiger partial charge >= 0.3 is 0 Å². The topological polar surface area (TPSA) is 23.5 Å². The van der Waals surface area contributed by atoms with Gasteiger partial charge in [-0.15, -0.1) is 0 Å². The normalized spacial score (nSPS) is 29.7. The first kappa shape index (κ1) is 13.1. The Morgan fingerprint density at radius 1 is 1.05 bits per heavy atom. The van der Waals surface area contributed by atoms with Crippen molar-refractivity contribution in [2.75, 3.05) is 13.2 Å². The van der Waals surface area contributed by atoms with Crippen LogP contribution in [0.15, 0.2) is 30.3 Å². The number of hydrogen-bond acceptors (Lipinski definition) is 2. The van der Waals surface area contributed by atoms with E-state index in [0.717, 1.165) is 12.5 Å². The largest absolute Gasteiger partial charge is 0.394 e. The molecule has 1 aliphatic heterocycles. The molecule has 1 saturated heterocycles. The van der Waals surface area contributed by atoms with Gasteiger partial charge in [-0.05, 0) is 43.7 Å². The first-order chi connectivity index (χ1) is 9.40. The summed E-state index contributed by atoms with van der Waals surface area (Å²) in [5, 5.41) is 9.88. The van der Waals surface area contributed by atoms with Crippen LogP contribution in [0.3, 0.4) is 0 Å². The standard InChI is InChI=1S/C17H25NO/c19-13-17(15-7-2-1-3-8-15)18-12-6-10-14-9-4-5-11-16(14)18/h1-3,7-8,14,16-17,19H,4-6,9-13H2/t14-,16-,17+/m0/s1. The minimum Gasteiger partial charge on any atom is -0.394 e. The lowest BCUT2D eigenvalue weighted by atomic mass is 9.77. The van der Waals surface area contributed by atoms with Crippen molar-refractivity contribution >= 4 is 0 Å². The van der Waals surface area contributed by atoms with Gasteiger partial charge in [0.2, 0.25) is 0 Å². The summed E-state index contributed by atoms with van der Waals surface area (Å²) in [6.07, 6.45) is 8.19. The van der Waals surface area contributed by atoms with Gasteiger partial charge in [0.1, 0.15) is 0 Å². The molecule has 2 nitrogen and oxygen atoms in total. The third-order valence-corrected chi connectivity index (χ3v) is 5.04. The van der Waals surface area contributed by atoms with Crippen LogP contribution in [0.25, 0.3) is 0 Å². The number of hydrogen-bond donors (Lipinski definition) is 1. The van der Waals surface area contributed by atoms with E-state index >= 15 is 0 Å². The minimum absolute atomic E-state index is 0.201. The molecule has 0 aromatic heterocycles. The van der Waals surface area contributed by atoms with Crippen LogP contribution in [0.1, 0.15) is 50.1 Å². The third kappa shape index (κ3) is 2.70. The maximum absolute atomic E-state index is 9.88. The summed E-state index contributed by atoms with van der Waals surface area (Å²) in [5.74, 6) is 0.875. The predicted octanol–water partition coefficient (Wildman–Crippen LogP) is 3.37. The molecule has 0 spiro atoms. The van der Waals surface area contributed by atoms with Crippen LogP contribution in [0, 0.1) is 5.92 Å². The molecule has 0 bridgehead atoms. The molecular weight excluding hydrogens is 234 g/mol. The summed E-state index contributed by atoms with van der Waals surface area (Å²) in [7, 11) is 0. The molecule has 2 fully saturated rings. The van der Waals surface area contributed by atoms with E-state index in [-0.39, 0.29) is 12.6 Å². The zero-order chi connectivity index (χ0) is 13.1. The van der Waals surface area contributed by atoms with Gasteiger partial charge in [-0.3, -0.25) is 4.90 Å². The molecule has 2 aliphatic rings. The average Bonchev–Trinajstić information content (AvgIpc) is 2.49. The van der Waals surface area contributed by atoms with E-state index in [1.54, 1.807) is 0 Å². The lowest BCUT2D eigenvalue weighted by molar-refractivity contribution is 0.00431. The van der Waals surface area contributed by atoms with Crippen molar-refractivity contribution in [1.29, 1.82) is 0 Å². The number of benzene rings is 1. The Bertz CT molecular complexity index is 390. The predicted molar refractivity (Wildman–Crippen MR) is 78.0 cm³/mol. The van der Waals surface area contributed by atoms with Crippen molar-refractivity contribution < 1.29 is 5.11 Å². The SMILES string of the molecule is OC[C@H](c1ccccc1)N1CCC[C@@H]2CCCC[C@@H]21. The Hall–Kier alpha value is -0.860. The average molecular weight is 259 g/mol. The highest BCUT2D eigenvalue weighted by molar-refractivity contribution is 5.19. The Morgan fingerprint density at radius 3 is 2.58 bits per heavy atom. The number of rotatable bonds is 3. The zero-order valence-corrected chi connectivity index (χ0v) is 11.7. The molecule has 1 N–H and O–H groups in total. The second-order valence-electron chi connectivity index (χ2n) is 6.10. The molecule has 1 aliphatic carbocycles. The smallest absolute Gasteiger partial charge is 0.0628 e. The van der Waals surface area contributed by atoms with Crippen LogP contribution in [-0.4, -0.2) is 29.2 Å². The number of nitrogens with zero attached hydrogens (tertiary/aromatic N) is 1. The molecule has 0 amide bonds. The lowest BCUT2D eigenvalue weighted by Crippen LogP contribution is -2.49. The van der Waals surface area contributed by atoms with Crippen molar-refractivity contribution in [3.63, 3.8) is 0 Å². The summed E-state index contributed by atoms with van der Waals surface area (Å²) in [6, 6.07) is 11.4. The molecule has 0 unspecified atom stereocenters. The molecule has 19 heavy (non-hydrogen) atoms. The second kappa shape index (κ2) is 6.06. The molecule has 3 atom stereocenters. The molecule has 0 radical (unpaired) electrons. The molecule has 1 aromatic carbocycles. The molecule has 1 heterocycles. The molecule has 1 aromatic rings. The van der Waals surface area contributed by atoms with Gasteiger partial charge in [0.25, 0.3) is 0 Å². The number of piperidine rings is 1. The van der Waals surface area contributed by atoms with Crippen LogP contribution in [-0.2, 0) is 0 Å². The van der Waals surface area contributed by atoms with Gasteiger partial charge in [-0.25, -0.2) is 0 Å². The summed E-state index contributed by atoms with van der Waals surface area (Å²) in [6.45, 7) is 1.40. The summed E-state index contributed by atoms with van der Waals surface area (Å²) < 4.78 is 0. The van der Waals surface area contributed by atoms with E-state index in [1.807, 2.05) is 0 Å². The second-order valence-corrected chi connectivity index (χ2v) is 6.10. The van der Waals surface area contributed by atoms with Crippen molar-refractivity contribution in [3.05, 3.63) is 35.9 Å². The highest BCUT2D eigenvalue weighted by Crippen LogP contribution is 2.39. The fourth-order valence-corrected chi connectivity index (χ4v) is 4.13. The van der Waals surface area contributed by atoms with Gasteiger partial charge < -0.3 is 5.11 Å². The Kier molecular flexibility index (Phi) is 4.19. The molecular formula is C17H25NO. The van der Waals surface area contributed by atoms with E-state index in [1.165, 1.54) is 44.1 Å². The molecule has 104 valence electrons. The quantitative estimate of drug-likeness (QED) is 0.899. The van der Waals surface area contributed by atoms with Gasteiger partial charge in [-0.1, -0.05) is 43.2 Å². The molecule has 3 rings (SSSR count). The molecule has 1 saturated carbocycles. The Balaban J connectivity index is 1.81. The van der Waals surface area contributed by atoms with Gasteiger partial charge in [0, 0.05) is 6.04 Å². The number of aliphatic hydroxyl groups is 1. The van der Waals surface area contributed by atoms with Crippen molar-refractivity contribution in [3.8, 4) is 0 Å². The van der Waals surface area contributed by atoms with E-state index in [2.05, 4.69) is 35.2 Å². The monoisotopic (exact) mass is 259 g/mol. The van der Waals surface area contributed by atoms with Crippen molar-refractivity contribution in [2.24, 2.45) is 5.92 Å². The Morgan fingerprint density at radius 2 is 1.79 bits per heavy atom. The van der Waals surface area contributed by atoms with Crippen LogP contribution >= 0.6 is 0 Å². The summed E-state index contributed by atoms with van der Waals surface area (Å²) >= 11 is 0. The fraction of sp³-hybridized carbons (Fsp3) is 0.647. The van der Waals surface area contributed by atoms with Crippen LogP contribution in [0.2, 0.25) is 0 Å². The first-order valence-electron chi connectivity index (χ1n) is 7.81. The van der Waals surface area contributed by atoms with Crippen molar-refractivity contribution in [2.45, 2.75) is 50.6 Å². The number of likely N-dealkylation sites (tertiary alicyclic amines) is 1.